The Morgan fingerprint density at radius 3 is 2.32 bits per heavy atom. The van der Waals surface area contributed by atoms with E-state index in [2.05, 4.69) is 19.2 Å². The largest absolute Gasteiger partial charge is 0.312 e. The van der Waals surface area contributed by atoms with Crippen LogP contribution in [0.25, 0.3) is 0 Å². The molecule has 0 spiro atoms. The highest BCUT2D eigenvalue weighted by molar-refractivity contribution is 7.92. The Kier molecular flexibility index (Phi) is 6.31. The molecule has 0 amide bonds. The standard InChI is InChI=1S/C14H24N2O2S/c1-4-11-15-13(5-2)12-16(19(3,17)18)14-9-7-6-8-10-14/h6-10,13,15H,4-5,11-12H2,1-3H3/t13-/m1/s1. The van der Waals surface area contributed by atoms with Crippen LogP contribution in [0.15, 0.2) is 30.3 Å². The number of benzene rings is 1. The van der Waals surface area contributed by atoms with Gasteiger partial charge < -0.3 is 5.32 Å². The van der Waals surface area contributed by atoms with Crippen LogP contribution in [0.4, 0.5) is 5.69 Å². The smallest absolute Gasteiger partial charge is 0.232 e. The third-order valence-electron chi connectivity index (χ3n) is 3.01. The third-order valence-corrected chi connectivity index (χ3v) is 4.17. The van der Waals surface area contributed by atoms with Gasteiger partial charge in [0.15, 0.2) is 0 Å². The Morgan fingerprint density at radius 1 is 1.21 bits per heavy atom. The fraction of sp³-hybridized carbons (Fsp3) is 0.571. The lowest BCUT2D eigenvalue weighted by atomic mass is 10.2. The zero-order valence-corrected chi connectivity index (χ0v) is 12.8. The van der Waals surface area contributed by atoms with Gasteiger partial charge in [0.2, 0.25) is 10.0 Å². The molecule has 0 bridgehead atoms. The molecular formula is C14H24N2O2S. The van der Waals surface area contributed by atoms with E-state index in [1.54, 1.807) is 0 Å². The maximum atomic E-state index is 12.0. The Bertz CT molecular complexity index is 460. The summed E-state index contributed by atoms with van der Waals surface area (Å²) in [6, 6.07) is 9.43. The molecule has 0 heterocycles. The molecule has 5 heteroatoms. The average Bonchev–Trinajstić information content (AvgIpc) is 2.38. The molecule has 1 aromatic rings. The molecule has 0 fully saturated rings. The average molecular weight is 284 g/mol. The number of nitrogens with one attached hydrogen (secondary N) is 1. The first-order valence-electron chi connectivity index (χ1n) is 6.75. The number of rotatable bonds is 8. The topological polar surface area (TPSA) is 49.4 Å². The van der Waals surface area contributed by atoms with E-state index in [0.29, 0.717) is 6.54 Å². The van der Waals surface area contributed by atoms with E-state index >= 15 is 0 Å². The molecule has 0 aliphatic carbocycles. The molecule has 0 saturated heterocycles. The second kappa shape index (κ2) is 7.50. The highest BCUT2D eigenvalue weighted by Gasteiger charge is 2.20. The van der Waals surface area contributed by atoms with Crippen LogP contribution in [0, 0.1) is 0 Å². The van der Waals surface area contributed by atoms with Crippen LogP contribution < -0.4 is 9.62 Å². The zero-order chi connectivity index (χ0) is 14.3. The Labute approximate surface area is 116 Å². The minimum atomic E-state index is -3.25. The number of nitrogens with zero attached hydrogens (tertiary/aromatic N) is 1. The summed E-state index contributed by atoms with van der Waals surface area (Å²) in [5.74, 6) is 0. The van der Waals surface area contributed by atoms with E-state index in [9.17, 15) is 8.42 Å². The second-order valence-electron chi connectivity index (χ2n) is 4.69. The molecule has 1 atom stereocenters. The lowest BCUT2D eigenvalue weighted by molar-refractivity contribution is 0.501. The quantitative estimate of drug-likeness (QED) is 0.796. The van der Waals surface area contributed by atoms with Crippen molar-refractivity contribution in [2.75, 3.05) is 23.7 Å². The van der Waals surface area contributed by atoms with Crippen molar-refractivity contribution in [2.24, 2.45) is 0 Å². The molecule has 1 N–H and O–H groups in total. The van der Waals surface area contributed by atoms with Gasteiger partial charge in [-0.2, -0.15) is 0 Å². The van der Waals surface area contributed by atoms with Gasteiger partial charge in [-0.3, -0.25) is 4.31 Å². The van der Waals surface area contributed by atoms with Crippen LogP contribution in [-0.4, -0.2) is 33.8 Å². The molecule has 4 nitrogen and oxygen atoms in total. The van der Waals surface area contributed by atoms with Crippen molar-refractivity contribution in [3.8, 4) is 0 Å². The summed E-state index contributed by atoms with van der Waals surface area (Å²) in [6.07, 6.45) is 3.20. The van der Waals surface area contributed by atoms with Crippen LogP contribution in [-0.2, 0) is 10.0 Å². The highest BCUT2D eigenvalue weighted by atomic mass is 32.2. The Morgan fingerprint density at radius 2 is 1.84 bits per heavy atom. The van der Waals surface area contributed by atoms with Gasteiger partial charge in [-0.25, -0.2) is 8.42 Å². The molecule has 19 heavy (non-hydrogen) atoms. The van der Waals surface area contributed by atoms with Gasteiger partial charge in [0.1, 0.15) is 0 Å². The van der Waals surface area contributed by atoms with Crippen LogP contribution in [0.1, 0.15) is 26.7 Å². The van der Waals surface area contributed by atoms with Crippen LogP contribution in [0.5, 0.6) is 0 Å². The van der Waals surface area contributed by atoms with Crippen LogP contribution >= 0.6 is 0 Å². The van der Waals surface area contributed by atoms with E-state index in [1.807, 2.05) is 30.3 Å². The van der Waals surface area contributed by atoms with Gasteiger partial charge >= 0.3 is 0 Å². The molecule has 0 saturated carbocycles. The minimum absolute atomic E-state index is 0.176. The molecule has 108 valence electrons. The summed E-state index contributed by atoms with van der Waals surface area (Å²) >= 11 is 0. The summed E-state index contributed by atoms with van der Waals surface area (Å²) < 4.78 is 25.4. The summed E-state index contributed by atoms with van der Waals surface area (Å²) in [4.78, 5) is 0. The molecule has 0 aliphatic rings. The molecule has 1 aromatic carbocycles. The summed E-state index contributed by atoms with van der Waals surface area (Å²) in [5.41, 5.74) is 0.724. The van der Waals surface area contributed by atoms with E-state index in [0.717, 1.165) is 25.1 Å². The first kappa shape index (κ1) is 16.0. The van der Waals surface area contributed by atoms with Gasteiger partial charge in [-0.15, -0.1) is 0 Å². The summed E-state index contributed by atoms with van der Waals surface area (Å²) in [6.45, 7) is 5.55. The summed E-state index contributed by atoms with van der Waals surface area (Å²) in [5, 5.41) is 3.39. The monoisotopic (exact) mass is 284 g/mol. The van der Waals surface area contributed by atoms with Gasteiger partial charge in [0.05, 0.1) is 11.9 Å². The van der Waals surface area contributed by atoms with Crippen molar-refractivity contribution in [1.29, 1.82) is 0 Å². The Balaban J connectivity index is 2.87. The van der Waals surface area contributed by atoms with Crippen LogP contribution in [0.2, 0.25) is 0 Å². The molecule has 0 radical (unpaired) electrons. The van der Waals surface area contributed by atoms with Crippen molar-refractivity contribution in [1.82, 2.24) is 5.32 Å². The van der Waals surface area contributed by atoms with E-state index in [-0.39, 0.29) is 6.04 Å². The zero-order valence-electron chi connectivity index (χ0n) is 12.0. The number of hydrogen-bond acceptors (Lipinski definition) is 3. The van der Waals surface area contributed by atoms with Crippen molar-refractivity contribution in [3.63, 3.8) is 0 Å². The molecule has 0 unspecified atom stereocenters. The molecular weight excluding hydrogens is 260 g/mol. The SMILES string of the molecule is CCCN[C@H](CC)CN(c1ccccc1)S(C)(=O)=O. The number of anilines is 1. The number of para-hydroxylation sites is 1. The normalized spacial score (nSPS) is 13.2. The van der Waals surface area contributed by atoms with E-state index < -0.39 is 10.0 Å². The van der Waals surface area contributed by atoms with Gasteiger partial charge in [-0.1, -0.05) is 32.0 Å². The predicted molar refractivity (Wildman–Crippen MR) is 81.0 cm³/mol. The molecule has 1 rings (SSSR count). The third kappa shape index (κ3) is 5.20. The van der Waals surface area contributed by atoms with Crippen molar-refractivity contribution < 1.29 is 8.42 Å². The molecule has 0 aromatic heterocycles. The minimum Gasteiger partial charge on any atom is -0.312 e. The highest BCUT2D eigenvalue weighted by Crippen LogP contribution is 2.17. The predicted octanol–water partition coefficient (Wildman–Crippen LogP) is 2.23. The van der Waals surface area contributed by atoms with Gasteiger partial charge in [0.25, 0.3) is 0 Å². The van der Waals surface area contributed by atoms with E-state index in [1.165, 1.54) is 10.6 Å². The first-order valence-corrected chi connectivity index (χ1v) is 8.60. The lowest BCUT2D eigenvalue weighted by Crippen LogP contribution is -2.43. The fourth-order valence-corrected chi connectivity index (χ4v) is 2.87. The maximum absolute atomic E-state index is 12.0. The number of sulfonamides is 1. The van der Waals surface area contributed by atoms with E-state index in [4.69, 9.17) is 0 Å². The van der Waals surface area contributed by atoms with Crippen molar-refractivity contribution in [2.45, 2.75) is 32.7 Å². The molecule has 0 aliphatic heterocycles. The van der Waals surface area contributed by atoms with Gasteiger partial charge in [0, 0.05) is 12.6 Å². The van der Waals surface area contributed by atoms with Crippen molar-refractivity contribution in [3.05, 3.63) is 30.3 Å². The second-order valence-corrected chi connectivity index (χ2v) is 6.60. The first-order chi connectivity index (χ1) is 8.99. The fourth-order valence-electron chi connectivity index (χ4n) is 1.91. The lowest BCUT2D eigenvalue weighted by Gasteiger charge is -2.27. The number of hydrogen-bond donors (Lipinski definition) is 1. The van der Waals surface area contributed by atoms with Gasteiger partial charge in [-0.05, 0) is 31.5 Å². The van der Waals surface area contributed by atoms with Crippen molar-refractivity contribution >= 4 is 15.7 Å². The summed E-state index contributed by atoms with van der Waals surface area (Å²) in [7, 11) is -3.25. The Hall–Kier alpha value is -1.07. The maximum Gasteiger partial charge on any atom is 0.232 e. The van der Waals surface area contributed by atoms with Crippen LogP contribution in [0.3, 0.4) is 0 Å².